The minimum absolute atomic E-state index is 0.0690. The van der Waals surface area contributed by atoms with Crippen LogP contribution < -0.4 is 8.92 Å². The molecule has 0 heterocycles. The third-order valence-corrected chi connectivity index (χ3v) is 4.35. The van der Waals surface area contributed by atoms with E-state index in [9.17, 15) is 47.9 Å². The van der Waals surface area contributed by atoms with Crippen molar-refractivity contribution in [3.05, 3.63) is 23.2 Å². The van der Waals surface area contributed by atoms with Gasteiger partial charge in [-0.25, -0.2) is 0 Å². The van der Waals surface area contributed by atoms with E-state index in [1.807, 2.05) is 0 Å². The molecule has 0 aromatic heterocycles. The summed E-state index contributed by atoms with van der Waals surface area (Å²) in [4.78, 5) is 0. The quantitative estimate of drug-likeness (QED) is 0.483. The van der Waals surface area contributed by atoms with E-state index in [2.05, 4.69) is 8.92 Å². The smallest absolute Gasteiger partial charge is 0.460 e. The topological polar surface area (TPSA) is 52.6 Å². The van der Waals surface area contributed by atoms with Gasteiger partial charge in [-0.3, -0.25) is 0 Å². The van der Waals surface area contributed by atoms with Crippen molar-refractivity contribution < 1.29 is 56.9 Å². The molecule has 0 N–H and O–H groups in total. The Bertz CT molecular complexity index is 776. The summed E-state index contributed by atoms with van der Waals surface area (Å²) >= 11 is 5.41. The first kappa shape index (κ1) is 22.5. The van der Waals surface area contributed by atoms with E-state index in [1.165, 1.54) is 0 Å². The zero-order valence-electron chi connectivity index (χ0n) is 12.1. The molecule has 26 heavy (non-hydrogen) atoms. The van der Waals surface area contributed by atoms with E-state index < -0.39 is 44.2 Å². The van der Waals surface area contributed by atoms with Gasteiger partial charge in [-0.05, 0) is 12.1 Å². The normalized spacial score (nSPS) is 14.3. The van der Waals surface area contributed by atoms with Gasteiger partial charge in [0.05, 0.1) is 12.1 Å². The molecule has 0 atom stereocenters. The van der Waals surface area contributed by atoms with Gasteiger partial charge in [0.1, 0.15) is 5.75 Å². The summed E-state index contributed by atoms with van der Waals surface area (Å²) in [6.45, 7) is 0. The van der Waals surface area contributed by atoms with E-state index in [4.69, 9.17) is 11.6 Å². The van der Waals surface area contributed by atoms with Crippen LogP contribution >= 0.6 is 11.6 Å². The summed E-state index contributed by atoms with van der Waals surface area (Å²) in [5, 5.41) is -7.77. The van der Waals surface area contributed by atoms with Crippen molar-refractivity contribution in [1.82, 2.24) is 0 Å². The average Bonchev–Trinajstić information content (AvgIpc) is 2.47. The van der Waals surface area contributed by atoms with Gasteiger partial charge in [0.15, 0.2) is 5.75 Å². The lowest BCUT2D eigenvalue weighted by atomic mass is 10.1. The summed E-state index contributed by atoms with van der Waals surface area (Å²) in [6.07, 6.45) is -7.17. The van der Waals surface area contributed by atoms with E-state index in [1.54, 1.807) is 0 Å². The maximum atomic E-state index is 13.5. The molecule has 0 spiro atoms. The summed E-state index contributed by atoms with van der Waals surface area (Å²) in [7, 11) is -5.94. The van der Waals surface area contributed by atoms with Crippen LogP contribution in [0.5, 0.6) is 11.5 Å². The molecule has 0 unspecified atom stereocenters. The number of hydrogen-bond donors (Lipinski definition) is 0. The molecule has 15 heteroatoms. The van der Waals surface area contributed by atoms with Crippen LogP contribution in [-0.2, 0) is 10.1 Å². The SMILES string of the molecule is COc1ccc(OS(=O)(=O)C(F)(F)C(F)(F)C(F)(F)C(F)(F)F)c(Cl)c1. The summed E-state index contributed by atoms with van der Waals surface area (Å²) < 4.78 is 145. The van der Waals surface area contributed by atoms with E-state index in [0.29, 0.717) is 6.07 Å². The number of alkyl halides is 9. The number of ether oxygens (including phenoxy) is 1. The Kier molecular flexibility index (Phi) is 5.66. The molecule has 0 bridgehead atoms. The van der Waals surface area contributed by atoms with Crippen LogP contribution in [0.1, 0.15) is 0 Å². The van der Waals surface area contributed by atoms with Gasteiger partial charge in [0, 0.05) is 6.07 Å². The predicted molar refractivity (Wildman–Crippen MR) is 68.4 cm³/mol. The maximum Gasteiger partial charge on any atom is 0.460 e. The Balaban J connectivity index is 3.37. The molecule has 4 nitrogen and oxygen atoms in total. The van der Waals surface area contributed by atoms with Crippen LogP contribution in [0.15, 0.2) is 18.2 Å². The number of halogens is 10. The molecule has 0 aliphatic rings. The second-order valence-corrected chi connectivity index (χ2v) is 6.49. The lowest BCUT2D eigenvalue weighted by molar-refractivity contribution is -0.382. The molecule has 0 radical (unpaired) electrons. The molecule has 0 amide bonds. The molecule has 0 aliphatic carbocycles. The van der Waals surface area contributed by atoms with E-state index >= 15 is 0 Å². The molecule has 1 rings (SSSR count). The molecule has 0 saturated heterocycles. The second kappa shape index (κ2) is 6.55. The predicted octanol–water partition coefficient (Wildman–Crippen LogP) is 4.48. The zero-order chi connectivity index (χ0) is 20.8. The number of rotatable bonds is 6. The first-order chi connectivity index (χ1) is 11.4. The third-order valence-electron chi connectivity index (χ3n) is 2.77. The number of hydrogen-bond acceptors (Lipinski definition) is 4. The number of methoxy groups -OCH3 is 1. The van der Waals surface area contributed by atoms with Crippen molar-refractivity contribution in [3.63, 3.8) is 0 Å². The Hall–Kier alpha value is -1.57. The summed E-state index contributed by atoms with van der Waals surface area (Å²) in [5.74, 6) is -16.1. The minimum atomic E-state index is -7.39. The van der Waals surface area contributed by atoms with E-state index in [0.717, 1.165) is 19.2 Å². The highest BCUT2D eigenvalue weighted by atomic mass is 35.5. The Morgan fingerprint density at radius 2 is 1.42 bits per heavy atom. The van der Waals surface area contributed by atoms with Gasteiger partial charge in [-0.15, -0.1) is 0 Å². The molecule has 150 valence electrons. The summed E-state index contributed by atoms with van der Waals surface area (Å²) in [5.41, 5.74) is 0. The minimum Gasteiger partial charge on any atom is -0.497 e. The first-order valence-electron chi connectivity index (χ1n) is 5.90. The van der Waals surface area contributed by atoms with Gasteiger partial charge >= 0.3 is 33.4 Å². The first-order valence-corrected chi connectivity index (χ1v) is 7.68. The van der Waals surface area contributed by atoms with Gasteiger partial charge in [-0.2, -0.15) is 47.9 Å². The Labute approximate surface area is 144 Å². The van der Waals surface area contributed by atoms with Crippen molar-refractivity contribution in [2.75, 3.05) is 7.11 Å². The molecule has 1 aromatic carbocycles. The van der Waals surface area contributed by atoms with Gasteiger partial charge in [0.2, 0.25) is 0 Å². The van der Waals surface area contributed by atoms with Crippen molar-refractivity contribution in [3.8, 4) is 11.5 Å². The highest BCUT2D eigenvalue weighted by Gasteiger charge is 2.86. The molecular formula is C11H6ClF9O4S. The van der Waals surface area contributed by atoms with Crippen molar-refractivity contribution in [2.24, 2.45) is 0 Å². The second-order valence-electron chi connectivity index (χ2n) is 4.50. The Morgan fingerprint density at radius 3 is 1.81 bits per heavy atom. The lowest BCUT2D eigenvalue weighted by Gasteiger charge is -2.32. The fourth-order valence-electron chi connectivity index (χ4n) is 1.36. The van der Waals surface area contributed by atoms with Crippen LogP contribution in [0.25, 0.3) is 0 Å². The van der Waals surface area contributed by atoms with Crippen LogP contribution in [-0.4, -0.2) is 38.8 Å². The van der Waals surface area contributed by atoms with Gasteiger partial charge in [-0.1, -0.05) is 11.6 Å². The van der Waals surface area contributed by atoms with Crippen molar-refractivity contribution in [2.45, 2.75) is 23.3 Å². The van der Waals surface area contributed by atoms with Crippen LogP contribution in [0, 0.1) is 0 Å². The van der Waals surface area contributed by atoms with Gasteiger partial charge in [0.25, 0.3) is 0 Å². The van der Waals surface area contributed by atoms with Crippen molar-refractivity contribution in [1.29, 1.82) is 0 Å². The maximum absolute atomic E-state index is 13.5. The molecular weight excluding hydrogens is 435 g/mol. The molecule has 0 aliphatic heterocycles. The monoisotopic (exact) mass is 440 g/mol. The van der Waals surface area contributed by atoms with E-state index in [-0.39, 0.29) is 5.75 Å². The number of benzene rings is 1. The Morgan fingerprint density at radius 1 is 0.923 bits per heavy atom. The van der Waals surface area contributed by atoms with Gasteiger partial charge < -0.3 is 8.92 Å². The molecule has 1 aromatic rings. The average molecular weight is 441 g/mol. The largest absolute Gasteiger partial charge is 0.497 e. The van der Waals surface area contributed by atoms with Crippen molar-refractivity contribution >= 4 is 21.7 Å². The molecule has 0 saturated carbocycles. The zero-order valence-corrected chi connectivity index (χ0v) is 13.6. The highest BCUT2D eigenvalue weighted by Crippen LogP contribution is 2.55. The fraction of sp³-hybridized carbons (Fsp3) is 0.455. The van der Waals surface area contributed by atoms with Crippen LogP contribution in [0.3, 0.4) is 0 Å². The highest BCUT2D eigenvalue weighted by molar-refractivity contribution is 7.88. The molecule has 0 fully saturated rings. The third kappa shape index (κ3) is 3.48. The fourth-order valence-corrected chi connectivity index (χ4v) is 2.55. The van der Waals surface area contributed by atoms with Crippen LogP contribution in [0.4, 0.5) is 39.5 Å². The standard InChI is InChI=1S/C11H6ClF9O4S/c1-24-5-2-3-7(6(12)4-5)25-26(22,23)11(20,21)9(15,16)8(13,14)10(17,18)19/h2-4H,1H3. The lowest BCUT2D eigenvalue weighted by Crippen LogP contribution is -2.63. The summed E-state index contributed by atoms with van der Waals surface area (Å²) in [6, 6.07) is 2.15. The van der Waals surface area contributed by atoms with Crippen LogP contribution in [0.2, 0.25) is 5.02 Å².